The molecule has 2 aliphatic rings. The number of carbonyl (C=O) groups excluding carboxylic acids is 2. The predicted octanol–water partition coefficient (Wildman–Crippen LogP) is 5.20. The van der Waals surface area contributed by atoms with Crippen LogP contribution in [0, 0.1) is 5.92 Å². The normalized spacial score (nSPS) is 20.5. The molecule has 218 valence electrons. The van der Waals surface area contributed by atoms with E-state index in [1.165, 1.54) is 12.1 Å². The highest BCUT2D eigenvalue weighted by molar-refractivity contribution is 6.30. The lowest BCUT2D eigenvalue weighted by Crippen LogP contribution is -2.50. The first kappa shape index (κ1) is 28.2. The van der Waals surface area contributed by atoms with Crippen LogP contribution >= 0.6 is 11.6 Å². The van der Waals surface area contributed by atoms with Gasteiger partial charge in [0.05, 0.1) is 12.1 Å². The van der Waals surface area contributed by atoms with E-state index < -0.39 is 23.8 Å². The van der Waals surface area contributed by atoms with Crippen LogP contribution in [0.15, 0.2) is 67.0 Å². The minimum atomic E-state index is -4.41. The Balaban J connectivity index is 1.22. The number of hydrogen-bond donors (Lipinski definition) is 3. The van der Waals surface area contributed by atoms with Gasteiger partial charge in [0.2, 0.25) is 11.8 Å². The van der Waals surface area contributed by atoms with Gasteiger partial charge in [-0.25, -0.2) is 0 Å². The molecule has 4 heterocycles. The summed E-state index contributed by atoms with van der Waals surface area (Å²) in [6, 6.07) is 13.0. The van der Waals surface area contributed by atoms with Gasteiger partial charge in [-0.2, -0.15) is 13.2 Å². The third kappa shape index (κ3) is 5.87. The van der Waals surface area contributed by atoms with E-state index in [0.717, 1.165) is 51.8 Å². The lowest BCUT2D eigenvalue weighted by Gasteiger charge is -2.32. The Bertz CT molecular complexity index is 1590. The third-order valence-electron chi connectivity index (χ3n) is 8.11. The summed E-state index contributed by atoms with van der Waals surface area (Å²) in [5, 5.41) is 7.81. The number of halogens is 4. The van der Waals surface area contributed by atoms with Crippen LogP contribution in [0.25, 0.3) is 10.9 Å². The fourth-order valence-corrected chi connectivity index (χ4v) is 6.27. The molecule has 11 heteroatoms. The Kier molecular flexibility index (Phi) is 7.67. The fraction of sp³-hybridized carbons (Fsp3) is 0.323. The predicted molar refractivity (Wildman–Crippen MR) is 153 cm³/mol. The number of fused-ring (bicyclic) bond motifs is 2. The minimum Gasteiger partial charge on any atom is -0.357 e. The Morgan fingerprint density at radius 1 is 1.10 bits per heavy atom. The Hall–Kier alpha value is -3.89. The number of pyridine rings is 1. The van der Waals surface area contributed by atoms with Crippen LogP contribution in [0.1, 0.15) is 40.4 Å². The number of aromatic nitrogens is 2. The first-order valence-corrected chi connectivity index (χ1v) is 14.2. The van der Waals surface area contributed by atoms with E-state index in [0.29, 0.717) is 31.0 Å². The molecule has 2 amide bonds. The van der Waals surface area contributed by atoms with E-state index in [4.69, 9.17) is 11.6 Å². The van der Waals surface area contributed by atoms with E-state index in [-0.39, 0.29) is 24.3 Å². The molecule has 3 atom stereocenters. The van der Waals surface area contributed by atoms with Crippen molar-refractivity contribution in [3.8, 4) is 0 Å². The molecule has 2 aliphatic heterocycles. The molecule has 7 nitrogen and oxygen atoms in total. The molecule has 0 saturated carbocycles. The maximum Gasteiger partial charge on any atom is 0.416 e. The zero-order valence-electron chi connectivity index (χ0n) is 22.5. The molecule has 0 radical (unpaired) electrons. The molecule has 1 saturated heterocycles. The number of nitrogens with zero attached hydrogens (tertiary/aromatic N) is 2. The van der Waals surface area contributed by atoms with Gasteiger partial charge in [0, 0.05) is 47.1 Å². The summed E-state index contributed by atoms with van der Waals surface area (Å²) in [6.07, 6.45) is 0.599. The highest BCUT2D eigenvalue weighted by Gasteiger charge is 2.42. The van der Waals surface area contributed by atoms with Crippen molar-refractivity contribution in [2.45, 2.75) is 44.1 Å². The summed E-state index contributed by atoms with van der Waals surface area (Å²) >= 11 is 6.20. The second kappa shape index (κ2) is 11.4. The highest BCUT2D eigenvalue weighted by Crippen LogP contribution is 2.34. The van der Waals surface area contributed by atoms with Gasteiger partial charge < -0.3 is 20.5 Å². The lowest BCUT2D eigenvalue weighted by atomic mass is 9.93. The largest absolute Gasteiger partial charge is 0.416 e. The van der Waals surface area contributed by atoms with Gasteiger partial charge in [-0.1, -0.05) is 29.8 Å². The SMILES string of the molecule is O=C(NCc1cc2cnccc2[nH]1)C1CC(Cc2ccc(C(F)(F)F)cc2)CN1C(=O)C1NCCc2cc(Cl)ccc21. The second-order valence-corrected chi connectivity index (χ2v) is 11.4. The van der Waals surface area contributed by atoms with Crippen LogP contribution in [-0.2, 0) is 35.2 Å². The van der Waals surface area contributed by atoms with Gasteiger partial charge in [-0.05, 0) is 78.3 Å². The van der Waals surface area contributed by atoms with E-state index in [1.807, 2.05) is 24.3 Å². The number of alkyl halides is 3. The molecule has 3 unspecified atom stereocenters. The molecule has 2 aromatic carbocycles. The number of aromatic amines is 1. The van der Waals surface area contributed by atoms with Crippen molar-refractivity contribution in [2.24, 2.45) is 5.92 Å². The van der Waals surface area contributed by atoms with Crippen molar-refractivity contribution >= 4 is 34.3 Å². The smallest absolute Gasteiger partial charge is 0.357 e. The van der Waals surface area contributed by atoms with Crippen LogP contribution in [0.5, 0.6) is 0 Å². The number of hydrogen-bond acceptors (Lipinski definition) is 4. The van der Waals surface area contributed by atoms with Crippen LogP contribution in [-0.4, -0.2) is 45.8 Å². The van der Waals surface area contributed by atoms with E-state index in [2.05, 4.69) is 20.6 Å². The van der Waals surface area contributed by atoms with Gasteiger partial charge in [0.15, 0.2) is 0 Å². The Morgan fingerprint density at radius 2 is 1.90 bits per heavy atom. The molecular formula is C31H29ClF3N5O2. The van der Waals surface area contributed by atoms with Gasteiger partial charge in [-0.15, -0.1) is 0 Å². The standard InChI is InChI=1S/C31H29ClF3N5O2/c32-23-5-6-25-20(13-23)7-10-37-28(25)30(42)40-17-19(11-18-1-3-22(4-2-18)31(33,34)35)12-27(40)29(41)38-16-24-14-21-15-36-9-8-26(21)39-24/h1-6,8-9,13-15,19,27-28,37,39H,7,10-12,16-17H2,(H,38,41). The van der Waals surface area contributed by atoms with Crippen molar-refractivity contribution in [1.29, 1.82) is 0 Å². The Labute approximate surface area is 245 Å². The van der Waals surface area contributed by atoms with Gasteiger partial charge >= 0.3 is 6.18 Å². The molecule has 0 aliphatic carbocycles. The quantitative estimate of drug-likeness (QED) is 0.286. The van der Waals surface area contributed by atoms with Crippen molar-refractivity contribution < 1.29 is 22.8 Å². The van der Waals surface area contributed by atoms with Crippen molar-refractivity contribution in [2.75, 3.05) is 13.1 Å². The molecule has 0 bridgehead atoms. The number of nitrogens with one attached hydrogen (secondary N) is 3. The average Bonchev–Trinajstić information content (AvgIpc) is 3.59. The molecule has 2 aromatic heterocycles. The fourth-order valence-electron chi connectivity index (χ4n) is 6.07. The summed E-state index contributed by atoms with van der Waals surface area (Å²) in [7, 11) is 0. The van der Waals surface area contributed by atoms with Crippen molar-refractivity contribution in [3.05, 3.63) is 100.0 Å². The van der Waals surface area contributed by atoms with E-state index in [9.17, 15) is 22.8 Å². The lowest BCUT2D eigenvalue weighted by molar-refractivity contribution is -0.140. The highest BCUT2D eigenvalue weighted by atomic mass is 35.5. The summed E-state index contributed by atoms with van der Waals surface area (Å²) in [5.74, 6) is -0.582. The van der Waals surface area contributed by atoms with Gasteiger partial charge in [0.1, 0.15) is 12.1 Å². The van der Waals surface area contributed by atoms with Crippen LogP contribution in [0.4, 0.5) is 13.2 Å². The molecule has 4 aromatic rings. The molecule has 1 fully saturated rings. The van der Waals surface area contributed by atoms with E-state index in [1.54, 1.807) is 23.4 Å². The zero-order valence-corrected chi connectivity index (χ0v) is 23.3. The van der Waals surface area contributed by atoms with Gasteiger partial charge in [0.25, 0.3) is 0 Å². The van der Waals surface area contributed by atoms with Crippen LogP contribution < -0.4 is 10.6 Å². The number of rotatable bonds is 6. The molecule has 3 N–H and O–H groups in total. The number of amides is 2. The minimum absolute atomic E-state index is 0.103. The second-order valence-electron chi connectivity index (χ2n) is 11.0. The number of benzene rings is 2. The molecule has 42 heavy (non-hydrogen) atoms. The molecule has 6 rings (SSSR count). The van der Waals surface area contributed by atoms with Gasteiger partial charge in [-0.3, -0.25) is 14.6 Å². The number of likely N-dealkylation sites (tertiary alicyclic amines) is 1. The average molecular weight is 596 g/mol. The third-order valence-corrected chi connectivity index (χ3v) is 8.35. The van der Waals surface area contributed by atoms with Crippen LogP contribution in [0.2, 0.25) is 5.02 Å². The van der Waals surface area contributed by atoms with Crippen LogP contribution in [0.3, 0.4) is 0 Å². The summed E-state index contributed by atoms with van der Waals surface area (Å²) in [5.41, 5.74) is 3.57. The summed E-state index contributed by atoms with van der Waals surface area (Å²) in [6.45, 7) is 1.16. The topological polar surface area (TPSA) is 90.1 Å². The maximum absolute atomic E-state index is 14.0. The summed E-state index contributed by atoms with van der Waals surface area (Å²) < 4.78 is 39.2. The zero-order chi connectivity index (χ0) is 29.4. The summed E-state index contributed by atoms with van der Waals surface area (Å²) in [4.78, 5) is 36.6. The Morgan fingerprint density at radius 3 is 2.67 bits per heavy atom. The first-order valence-electron chi connectivity index (χ1n) is 13.8. The maximum atomic E-state index is 14.0. The van der Waals surface area contributed by atoms with Crippen molar-refractivity contribution in [1.82, 2.24) is 25.5 Å². The number of H-pyrrole nitrogens is 1. The molecule has 0 spiro atoms. The monoisotopic (exact) mass is 595 g/mol. The van der Waals surface area contributed by atoms with E-state index >= 15 is 0 Å². The molecular weight excluding hydrogens is 567 g/mol. The first-order chi connectivity index (χ1) is 20.2. The van der Waals surface area contributed by atoms with Crippen molar-refractivity contribution in [3.63, 3.8) is 0 Å². The number of carbonyl (C=O) groups is 2.